The number of rotatable bonds is 11. The molecule has 0 saturated carbocycles. The molecule has 35 heavy (non-hydrogen) atoms. The minimum Gasteiger partial charge on any atom is -0.456 e. The molecule has 1 aliphatic heterocycles. The number of carbonyl (C=O) groups is 3. The van der Waals surface area contributed by atoms with Crippen LogP contribution < -0.4 is 4.72 Å². The number of β-lactam (4-membered cyclic amide) rings is 1. The fourth-order valence-corrected chi connectivity index (χ4v) is 4.87. The Morgan fingerprint density at radius 2 is 1.51 bits per heavy atom. The Balaban J connectivity index is 1.78. The van der Waals surface area contributed by atoms with Crippen LogP contribution in [0.4, 0.5) is 0 Å². The van der Waals surface area contributed by atoms with Crippen LogP contribution in [-0.4, -0.2) is 49.9 Å². The first-order chi connectivity index (χ1) is 16.6. The zero-order valence-electron chi connectivity index (χ0n) is 19.8. The lowest BCUT2D eigenvalue weighted by molar-refractivity contribution is -0.180. The lowest BCUT2D eigenvalue weighted by Gasteiger charge is -2.46. The lowest BCUT2D eigenvalue weighted by atomic mass is 10.0. The Kier molecular flexibility index (Phi) is 8.55. The summed E-state index contributed by atoms with van der Waals surface area (Å²) in [6.07, 6.45) is -1.19. The number of allylic oxidation sites excluding steroid dienone is 1. The maximum absolute atomic E-state index is 13.1. The molecule has 0 spiro atoms. The second-order valence-corrected chi connectivity index (χ2v) is 10.1. The van der Waals surface area contributed by atoms with Gasteiger partial charge in [-0.05, 0) is 37.5 Å². The predicted octanol–water partition coefficient (Wildman–Crippen LogP) is 2.29. The molecule has 1 fully saturated rings. The maximum Gasteiger partial charge on any atom is 0.355 e. The first kappa shape index (κ1) is 26.3. The fourth-order valence-electron chi connectivity index (χ4n) is 3.55. The number of amides is 1. The highest BCUT2D eigenvalue weighted by molar-refractivity contribution is 7.88. The van der Waals surface area contributed by atoms with Gasteiger partial charge in [0.1, 0.15) is 25.0 Å². The van der Waals surface area contributed by atoms with Crippen LogP contribution in [0.15, 0.2) is 71.9 Å². The zero-order chi connectivity index (χ0) is 25.6. The second-order valence-electron chi connectivity index (χ2n) is 8.36. The summed E-state index contributed by atoms with van der Waals surface area (Å²) in [4.78, 5) is 38.6. The number of hydrogen-bond acceptors (Lipinski definition) is 7. The number of ether oxygens (including phenoxy) is 2. The summed E-state index contributed by atoms with van der Waals surface area (Å²) in [6.45, 7) is 4.18. The molecule has 0 unspecified atom stereocenters. The SMILES string of the molecule is CC(=O)CO[C@H]1[C@@H](NS(=O)(=O)Cc2ccccc2)C(=O)N1C(C(=O)OCc1ccccc1)=C(C)C. The molecule has 1 aliphatic rings. The van der Waals surface area contributed by atoms with Crippen molar-refractivity contribution in [3.05, 3.63) is 83.1 Å². The Bertz CT molecular complexity index is 1210. The van der Waals surface area contributed by atoms with Gasteiger partial charge in [-0.2, -0.15) is 4.72 Å². The number of nitrogens with zero attached hydrogens (tertiary/aromatic N) is 1. The number of likely N-dealkylation sites (tertiary alicyclic amines) is 1. The molecule has 2 atom stereocenters. The molecular formula is C25H28N2O7S. The van der Waals surface area contributed by atoms with Crippen LogP contribution in [0.1, 0.15) is 31.9 Å². The fraction of sp³-hybridized carbons (Fsp3) is 0.320. The quantitative estimate of drug-likeness (QED) is 0.286. The molecule has 1 amide bonds. The lowest BCUT2D eigenvalue weighted by Crippen LogP contribution is -2.71. The molecular weight excluding hydrogens is 472 g/mol. The highest BCUT2D eigenvalue weighted by atomic mass is 32.2. The number of hydrogen-bond donors (Lipinski definition) is 1. The van der Waals surface area contributed by atoms with Crippen LogP contribution in [0.25, 0.3) is 0 Å². The van der Waals surface area contributed by atoms with Crippen LogP contribution in [0.5, 0.6) is 0 Å². The third-order valence-corrected chi connectivity index (χ3v) is 6.45. The molecule has 0 bridgehead atoms. The van der Waals surface area contributed by atoms with E-state index in [9.17, 15) is 22.8 Å². The summed E-state index contributed by atoms with van der Waals surface area (Å²) < 4.78 is 38.8. The molecule has 1 heterocycles. The van der Waals surface area contributed by atoms with Gasteiger partial charge < -0.3 is 9.47 Å². The molecule has 0 aliphatic carbocycles. The average molecular weight is 501 g/mol. The topological polar surface area (TPSA) is 119 Å². The number of Topliss-reactive ketones (excluding diaryl/α,β-unsaturated/α-hetero) is 1. The van der Waals surface area contributed by atoms with Gasteiger partial charge in [0.25, 0.3) is 5.91 Å². The number of esters is 1. The van der Waals surface area contributed by atoms with Crippen LogP contribution in [-0.2, 0) is 46.2 Å². The van der Waals surface area contributed by atoms with Gasteiger partial charge in [0.2, 0.25) is 10.0 Å². The van der Waals surface area contributed by atoms with Gasteiger partial charge in [-0.25, -0.2) is 13.2 Å². The third kappa shape index (κ3) is 6.84. The largest absolute Gasteiger partial charge is 0.456 e. The van der Waals surface area contributed by atoms with E-state index >= 15 is 0 Å². The zero-order valence-corrected chi connectivity index (χ0v) is 20.6. The number of sulfonamides is 1. The third-order valence-electron chi connectivity index (χ3n) is 5.13. The van der Waals surface area contributed by atoms with E-state index in [2.05, 4.69) is 4.72 Å². The predicted molar refractivity (Wildman–Crippen MR) is 128 cm³/mol. The van der Waals surface area contributed by atoms with Crippen LogP contribution in [0, 0.1) is 0 Å². The van der Waals surface area contributed by atoms with E-state index in [0.29, 0.717) is 11.1 Å². The molecule has 1 saturated heterocycles. The van der Waals surface area contributed by atoms with Crippen molar-refractivity contribution in [2.24, 2.45) is 0 Å². The summed E-state index contributed by atoms with van der Waals surface area (Å²) in [5.74, 6) is -2.10. The van der Waals surface area contributed by atoms with Crippen LogP contribution in [0.2, 0.25) is 0 Å². The van der Waals surface area contributed by atoms with E-state index in [1.165, 1.54) is 6.92 Å². The van der Waals surface area contributed by atoms with Crippen LogP contribution >= 0.6 is 0 Å². The normalized spacial score (nSPS) is 17.5. The van der Waals surface area contributed by atoms with Gasteiger partial charge in [-0.3, -0.25) is 14.5 Å². The smallest absolute Gasteiger partial charge is 0.355 e. The van der Waals surface area contributed by atoms with E-state index in [0.717, 1.165) is 10.5 Å². The summed E-state index contributed by atoms with van der Waals surface area (Å²) in [5, 5.41) is 0. The molecule has 2 aromatic rings. The highest BCUT2D eigenvalue weighted by Crippen LogP contribution is 2.30. The van der Waals surface area contributed by atoms with Crippen molar-refractivity contribution in [1.29, 1.82) is 0 Å². The first-order valence-electron chi connectivity index (χ1n) is 11.0. The summed E-state index contributed by atoms with van der Waals surface area (Å²) >= 11 is 0. The summed E-state index contributed by atoms with van der Waals surface area (Å²) in [6, 6.07) is 16.2. The molecule has 10 heteroatoms. The van der Waals surface area contributed by atoms with Gasteiger partial charge in [-0.1, -0.05) is 60.7 Å². The molecule has 0 radical (unpaired) electrons. The van der Waals surface area contributed by atoms with Crippen molar-refractivity contribution in [3.63, 3.8) is 0 Å². The summed E-state index contributed by atoms with van der Waals surface area (Å²) in [7, 11) is -3.93. The number of ketones is 1. The molecule has 1 N–H and O–H groups in total. The summed E-state index contributed by atoms with van der Waals surface area (Å²) in [5.41, 5.74) is 1.72. The van der Waals surface area contributed by atoms with Crippen molar-refractivity contribution in [2.75, 3.05) is 6.61 Å². The van der Waals surface area contributed by atoms with E-state index in [4.69, 9.17) is 9.47 Å². The standard InChI is InChI=1S/C25H28N2O7S/c1-17(2)22(25(30)34-15-19-10-6-4-7-11-19)27-23(29)21(24(27)33-14-18(3)28)26-35(31,32)16-20-12-8-5-9-13-20/h4-13,21,24,26H,14-16H2,1-3H3/t21-,24-/m0/s1. The van der Waals surface area contributed by atoms with Crippen molar-refractivity contribution < 1.29 is 32.3 Å². The number of carbonyl (C=O) groups excluding carboxylic acids is 3. The Morgan fingerprint density at radius 3 is 2.06 bits per heavy atom. The van der Waals surface area contributed by atoms with Gasteiger partial charge in [0.15, 0.2) is 12.0 Å². The number of benzene rings is 2. The second kappa shape index (κ2) is 11.4. The maximum atomic E-state index is 13.1. The monoisotopic (exact) mass is 500 g/mol. The van der Waals surface area contributed by atoms with Crippen molar-refractivity contribution in [2.45, 2.75) is 45.4 Å². The van der Waals surface area contributed by atoms with E-state index in [1.54, 1.807) is 56.3 Å². The van der Waals surface area contributed by atoms with Crippen molar-refractivity contribution in [3.8, 4) is 0 Å². The van der Waals surface area contributed by atoms with Gasteiger partial charge in [0.05, 0.1) is 5.75 Å². The van der Waals surface area contributed by atoms with Gasteiger partial charge in [0, 0.05) is 0 Å². The van der Waals surface area contributed by atoms with E-state index in [-0.39, 0.29) is 30.4 Å². The minimum atomic E-state index is -3.93. The Labute approximate surface area is 204 Å². The Morgan fingerprint density at radius 1 is 0.943 bits per heavy atom. The van der Waals surface area contributed by atoms with Crippen molar-refractivity contribution >= 4 is 27.7 Å². The van der Waals surface area contributed by atoms with E-state index < -0.39 is 34.2 Å². The first-order valence-corrected chi connectivity index (χ1v) is 12.6. The number of nitrogens with one attached hydrogen (secondary N) is 1. The van der Waals surface area contributed by atoms with Gasteiger partial charge in [-0.15, -0.1) is 0 Å². The molecule has 9 nitrogen and oxygen atoms in total. The molecule has 2 aromatic carbocycles. The Hall–Kier alpha value is -3.34. The van der Waals surface area contributed by atoms with E-state index in [1.807, 2.05) is 18.2 Å². The van der Waals surface area contributed by atoms with Crippen LogP contribution in [0.3, 0.4) is 0 Å². The van der Waals surface area contributed by atoms with Gasteiger partial charge >= 0.3 is 5.97 Å². The molecule has 3 rings (SSSR count). The minimum absolute atomic E-state index is 0.00934. The van der Waals surface area contributed by atoms with Crippen molar-refractivity contribution in [1.82, 2.24) is 9.62 Å². The molecule has 186 valence electrons. The molecule has 0 aromatic heterocycles. The average Bonchev–Trinajstić information content (AvgIpc) is 2.81. The highest BCUT2D eigenvalue weighted by Gasteiger charge is 2.53.